The molecule has 0 saturated carbocycles. The number of hydrogen-bond donors (Lipinski definition) is 2. The summed E-state index contributed by atoms with van der Waals surface area (Å²) < 4.78 is 0. The third kappa shape index (κ3) is 2.63. The van der Waals surface area contributed by atoms with Gasteiger partial charge in [0.2, 0.25) is 11.8 Å². The second kappa shape index (κ2) is 4.92. The number of likely N-dealkylation sites (tertiary alicyclic amines) is 1. The minimum Gasteiger partial charge on any atom is -0.481 e. The van der Waals surface area contributed by atoms with Crippen molar-refractivity contribution in [2.24, 2.45) is 5.41 Å². The fraction of sp³-hybridized carbons (Fsp3) is 0.769. The molecule has 0 bridgehead atoms. The second-order valence-corrected chi connectivity index (χ2v) is 5.93. The predicted molar refractivity (Wildman–Crippen MR) is 69.4 cm³/mol. The van der Waals surface area contributed by atoms with Crippen LogP contribution in [0.3, 0.4) is 0 Å². The molecular weight excluding hydrogens is 248 g/mol. The fourth-order valence-electron chi connectivity index (χ4n) is 2.01. The molecule has 19 heavy (non-hydrogen) atoms. The van der Waals surface area contributed by atoms with Crippen molar-refractivity contribution < 1.29 is 19.5 Å². The molecule has 1 atom stereocenters. The first-order valence-corrected chi connectivity index (χ1v) is 6.40. The molecule has 0 spiro atoms. The molecule has 0 aromatic heterocycles. The zero-order chi connectivity index (χ0) is 15.0. The molecule has 6 nitrogen and oxygen atoms in total. The monoisotopic (exact) mass is 270 g/mol. The summed E-state index contributed by atoms with van der Waals surface area (Å²) >= 11 is 0. The number of amides is 2. The Balaban J connectivity index is 2.89. The minimum absolute atomic E-state index is 0.0891. The van der Waals surface area contributed by atoms with E-state index in [2.05, 4.69) is 5.32 Å². The fourth-order valence-corrected chi connectivity index (χ4v) is 2.01. The molecule has 0 aromatic carbocycles. The third-order valence-corrected chi connectivity index (χ3v) is 4.19. The Morgan fingerprint density at radius 2 is 1.89 bits per heavy atom. The summed E-state index contributed by atoms with van der Waals surface area (Å²) in [6, 6.07) is -0.638. The van der Waals surface area contributed by atoms with Gasteiger partial charge in [0.25, 0.3) is 0 Å². The highest BCUT2D eigenvalue weighted by molar-refractivity contribution is 6.05. The highest BCUT2D eigenvalue weighted by atomic mass is 16.4. The van der Waals surface area contributed by atoms with Crippen molar-refractivity contribution >= 4 is 17.8 Å². The topological polar surface area (TPSA) is 86.7 Å². The largest absolute Gasteiger partial charge is 0.481 e. The van der Waals surface area contributed by atoms with Crippen LogP contribution in [-0.2, 0) is 14.4 Å². The van der Waals surface area contributed by atoms with E-state index in [1.807, 2.05) is 0 Å². The van der Waals surface area contributed by atoms with E-state index in [1.165, 1.54) is 4.90 Å². The standard InChI is InChI=1S/C13H22N2O4/c1-6-15-9(16)7-8(10(15)17)14-13(4,5)12(2,3)11(18)19/h8,14H,6-7H2,1-5H3,(H,18,19). The molecule has 0 aliphatic carbocycles. The van der Waals surface area contributed by atoms with E-state index in [0.717, 1.165) is 0 Å². The van der Waals surface area contributed by atoms with Gasteiger partial charge in [-0.15, -0.1) is 0 Å². The van der Waals surface area contributed by atoms with Gasteiger partial charge in [-0.25, -0.2) is 0 Å². The lowest BCUT2D eigenvalue weighted by molar-refractivity contribution is -0.152. The second-order valence-electron chi connectivity index (χ2n) is 5.93. The molecule has 108 valence electrons. The molecule has 0 radical (unpaired) electrons. The van der Waals surface area contributed by atoms with Gasteiger partial charge in [-0.2, -0.15) is 0 Å². The molecule has 0 aromatic rings. The number of carboxylic acids is 1. The zero-order valence-electron chi connectivity index (χ0n) is 12.1. The van der Waals surface area contributed by atoms with Crippen LogP contribution in [0.4, 0.5) is 0 Å². The highest BCUT2D eigenvalue weighted by Gasteiger charge is 2.48. The highest BCUT2D eigenvalue weighted by Crippen LogP contribution is 2.32. The zero-order valence-corrected chi connectivity index (χ0v) is 12.1. The Morgan fingerprint density at radius 1 is 1.37 bits per heavy atom. The molecule has 1 heterocycles. The number of carboxylic acid groups (broad SMARTS) is 1. The molecular formula is C13H22N2O4. The van der Waals surface area contributed by atoms with Crippen LogP contribution in [0.2, 0.25) is 0 Å². The molecule has 1 rings (SSSR count). The van der Waals surface area contributed by atoms with Gasteiger partial charge in [-0.3, -0.25) is 24.6 Å². The van der Waals surface area contributed by atoms with Crippen LogP contribution in [0, 0.1) is 5.41 Å². The molecule has 2 amide bonds. The number of nitrogens with one attached hydrogen (secondary N) is 1. The quantitative estimate of drug-likeness (QED) is 0.715. The van der Waals surface area contributed by atoms with E-state index in [1.54, 1.807) is 34.6 Å². The number of likely N-dealkylation sites (N-methyl/N-ethyl adjacent to an activating group) is 1. The Kier molecular flexibility index (Phi) is 4.05. The van der Waals surface area contributed by atoms with E-state index in [-0.39, 0.29) is 18.2 Å². The maximum atomic E-state index is 12.0. The molecule has 6 heteroatoms. The van der Waals surface area contributed by atoms with Crippen molar-refractivity contribution in [3.05, 3.63) is 0 Å². The minimum atomic E-state index is -1.06. The lowest BCUT2D eigenvalue weighted by Crippen LogP contribution is -2.59. The first-order chi connectivity index (χ1) is 8.54. The predicted octanol–water partition coefficient (Wildman–Crippen LogP) is 0.613. The molecule has 1 aliphatic heterocycles. The molecule has 1 aliphatic rings. The Morgan fingerprint density at radius 3 is 2.26 bits per heavy atom. The first kappa shape index (κ1) is 15.6. The third-order valence-electron chi connectivity index (χ3n) is 4.19. The van der Waals surface area contributed by atoms with E-state index < -0.39 is 23.0 Å². The van der Waals surface area contributed by atoms with Crippen LogP contribution < -0.4 is 5.32 Å². The Hall–Kier alpha value is -1.43. The lowest BCUT2D eigenvalue weighted by Gasteiger charge is -2.40. The van der Waals surface area contributed by atoms with Gasteiger partial charge >= 0.3 is 5.97 Å². The average Bonchev–Trinajstić information content (AvgIpc) is 2.52. The summed E-state index contributed by atoms with van der Waals surface area (Å²) in [6.07, 6.45) is 0.0891. The summed E-state index contributed by atoms with van der Waals surface area (Å²) in [4.78, 5) is 36.2. The number of aliphatic carboxylic acids is 1. The normalized spacial score (nSPS) is 21.1. The molecule has 1 fully saturated rings. The number of carbonyl (C=O) groups is 3. The number of imide groups is 1. The Labute approximate surface area is 113 Å². The number of nitrogens with zero attached hydrogens (tertiary/aromatic N) is 1. The smallest absolute Gasteiger partial charge is 0.310 e. The van der Waals surface area contributed by atoms with Crippen LogP contribution in [0.5, 0.6) is 0 Å². The summed E-state index contributed by atoms with van der Waals surface area (Å²) in [5, 5.41) is 12.3. The Bertz CT molecular complexity index is 415. The van der Waals surface area contributed by atoms with Crippen LogP contribution in [0.25, 0.3) is 0 Å². The van der Waals surface area contributed by atoms with E-state index in [0.29, 0.717) is 6.54 Å². The van der Waals surface area contributed by atoms with Crippen LogP contribution in [0.1, 0.15) is 41.0 Å². The van der Waals surface area contributed by atoms with Crippen LogP contribution in [-0.4, -0.2) is 45.9 Å². The maximum Gasteiger partial charge on any atom is 0.310 e. The number of hydrogen-bond acceptors (Lipinski definition) is 4. The van der Waals surface area contributed by atoms with E-state index >= 15 is 0 Å². The van der Waals surface area contributed by atoms with Crippen molar-refractivity contribution in [1.29, 1.82) is 0 Å². The lowest BCUT2D eigenvalue weighted by atomic mass is 9.74. The van der Waals surface area contributed by atoms with Gasteiger partial charge in [0.15, 0.2) is 0 Å². The average molecular weight is 270 g/mol. The summed E-state index contributed by atoms with van der Waals surface area (Å²) in [5.41, 5.74) is -1.88. The van der Waals surface area contributed by atoms with Gasteiger partial charge in [0.05, 0.1) is 17.9 Å². The molecule has 1 unspecified atom stereocenters. The van der Waals surface area contributed by atoms with Gasteiger partial charge in [-0.05, 0) is 34.6 Å². The van der Waals surface area contributed by atoms with Crippen molar-refractivity contribution in [3.8, 4) is 0 Å². The van der Waals surface area contributed by atoms with Gasteiger partial charge in [-0.1, -0.05) is 0 Å². The van der Waals surface area contributed by atoms with Crippen molar-refractivity contribution in [3.63, 3.8) is 0 Å². The number of carbonyl (C=O) groups excluding carboxylic acids is 2. The van der Waals surface area contributed by atoms with Gasteiger partial charge in [0.1, 0.15) is 0 Å². The van der Waals surface area contributed by atoms with Crippen molar-refractivity contribution in [2.45, 2.75) is 52.6 Å². The first-order valence-electron chi connectivity index (χ1n) is 6.40. The van der Waals surface area contributed by atoms with E-state index in [4.69, 9.17) is 0 Å². The van der Waals surface area contributed by atoms with Crippen LogP contribution >= 0.6 is 0 Å². The maximum absolute atomic E-state index is 12.0. The van der Waals surface area contributed by atoms with Crippen LogP contribution in [0.15, 0.2) is 0 Å². The summed E-state index contributed by atoms with van der Waals surface area (Å²) in [5.74, 6) is -1.44. The van der Waals surface area contributed by atoms with E-state index in [9.17, 15) is 19.5 Å². The van der Waals surface area contributed by atoms with Crippen molar-refractivity contribution in [1.82, 2.24) is 10.2 Å². The number of rotatable bonds is 5. The molecule has 2 N–H and O–H groups in total. The van der Waals surface area contributed by atoms with Gasteiger partial charge in [0, 0.05) is 12.1 Å². The van der Waals surface area contributed by atoms with Gasteiger partial charge < -0.3 is 5.11 Å². The summed E-state index contributed by atoms with van der Waals surface area (Å²) in [6.45, 7) is 8.74. The van der Waals surface area contributed by atoms with Crippen molar-refractivity contribution in [2.75, 3.05) is 6.54 Å². The molecule has 1 saturated heterocycles. The summed E-state index contributed by atoms with van der Waals surface area (Å²) in [7, 11) is 0. The SMILES string of the molecule is CCN1C(=O)CC(NC(C)(C)C(C)(C)C(=O)O)C1=O.